The monoisotopic (exact) mass is 213 g/mol. The molecule has 0 fully saturated rings. The van der Waals surface area contributed by atoms with Crippen LogP contribution in [0.3, 0.4) is 0 Å². The van der Waals surface area contributed by atoms with Gasteiger partial charge in [0.2, 0.25) is 0 Å². The van der Waals surface area contributed by atoms with Gasteiger partial charge in [-0.3, -0.25) is 4.55 Å². The van der Waals surface area contributed by atoms with E-state index >= 15 is 0 Å². The number of rotatable bonds is 1. The Morgan fingerprint density at radius 1 is 1.43 bits per heavy atom. The normalized spacial score (nSPS) is 12.1. The molecule has 0 atom stereocenters. The van der Waals surface area contributed by atoms with Crippen molar-refractivity contribution in [2.75, 3.05) is 0 Å². The van der Waals surface area contributed by atoms with Gasteiger partial charge >= 0.3 is 0 Å². The predicted octanol–water partition coefficient (Wildman–Crippen LogP) is 1.38. The maximum absolute atomic E-state index is 10.8. The summed E-state index contributed by atoms with van der Waals surface area (Å²) in [7, 11) is -4.17. The molecule has 0 saturated heterocycles. The van der Waals surface area contributed by atoms with Crippen molar-refractivity contribution >= 4 is 21.2 Å². The smallest absolute Gasteiger partial charge is 0.294 e. The largest absolute Gasteiger partial charge is 0.441 e. The number of oxazole rings is 1. The van der Waals surface area contributed by atoms with E-state index in [-0.39, 0.29) is 4.90 Å². The highest BCUT2D eigenvalue weighted by Gasteiger charge is 2.11. The van der Waals surface area contributed by atoms with E-state index in [4.69, 9.17) is 8.97 Å². The zero-order valence-corrected chi connectivity index (χ0v) is 8.08. The minimum atomic E-state index is -4.17. The molecule has 0 spiro atoms. The minimum absolute atomic E-state index is 0.193. The number of aromatic nitrogens is 1. The van der Waals surface area contributed by atoms with Crippen molar-refractivity contribution < 1.29 is 17.4 Å². The van der Waals surface area contributed by atoms with Gasteiger partial charge in [0.15, 0.2) is 11.5 Å². The lowest BCUT2D eigenvalue weighted by molar-refractivity contribution is 0.482. The molecule has 1 N–H and O–H groups in total. The summed E-state index contributed by atoms with van der Waals surface area (Å²) in [6.45, 7) is 1.66. The molecule has 5 nitrogen and oxygen atoms in total. The minimum Gasteiger partial charge on any atom is -0.441 e. The Balaban J connectivity index is 2.74. The summed E-state index contributed by atoms with van der Waals surface area (Å²) in [4.78, 5) is 3.80. The van der Waals surface area contributed by atoms with E-state index in [1.165, 1.54) is 18.2 Å². The van der Waals surface area contributed by atoms with Crippen LogP contribution in [0.25, 0.3) is 11.1 Å². The number of hydrogen-bond donors (Lipinski definition) is 1. The van der Waals surface area contributed by atoms with Crippen LogP contribution in [-0.4, -0.2) is 18.0 Å². The van der Waals surface area contributed by atoms with Crippen LogP contribution in [0.1, 0.15) is 5.89 Å². The topological polar surface area (TPSA) is 80.4 Å². The van der Waals surface area contributed by atoms with Gasteiger partial charge in [0.25, 0.3) is 10.1 Å². The van der Waals surface area contributed by atoms with E-state index in [1.54, 1.807) is 6.92 Å². The molecule has 2 aromatic rings. The first-order valence-electron chi connectivity index (χ1n) is 3.81. The van der Waals surface area contributed by atoms with Crippen LogP contribution < -0.4 is 0 Å². The molecule has 0 bridgehead atoms. The fourth-order valence-corrected chi connectivity index (χ4v) is 1.68. The standard InChI is InChI=1S/C8H7NO4S/c1-5-9-7-3-2-6(14(10,11)12)4-8(7)13-5/h2-4H,1H3,(H,10,11,12). The van der Waals surface area contributed by atoms with Gasteiger partial charge in [-0.05, 0) is 12.1 Å². The Kier molecular flexibility index (Phi) is 1.83. The SMILES string of the molecule is Cc1nc2ccc(S(=O)(=O)O)cc2o1. The summed E-state index contributed by atoms with van der Waals surface area (Å²) in [5.41, 5.74) is 0.910. The predicted molar refractivity (Wildman–Crippen MR) is 48.6 cm³/mol. The molecule has 1 heterocycles. The Bertz CT molecular complexity index is 584. The summed E-state index contributed by atoms with van der Waals surface area (Å²) in [5, 5.41) is 0. The first-order chi connectivity index (χ1) is 6.47. The first-order valence-corrected chi connectivity index (χ1v) is 5.25. The molecule has 74 valence electrons. The van der Waals surface area contributed by atoms with Gasteiger partial charge in [0, 0.05) is 13.0 Å². The molecule has 0 aliphatic heterocycles. The lowest BCUT2D eigenvalue weighted by atomic mass is 10.3. The average Bonchev–Trinajstić information content (AvgIpc) is 2.41. The zero-order chi connectivity index (χ0) is 10.3. The van der Waals surface area contributed by atoms with E-state index in [9.17, 15) is 8.42 Å². The molecular weight excluding hydrogens is 206 g/mol. The molecule has 1 aromatic heterocycles. The van der Waals surface area contributed by atoms with Crippen LogP contribution in [0.2, 0.25) is 0 Å². The highest BCUT2D eigenvalue weighted by atomic mass is 32.2. The lowest BCUT2D eigenvalue weighted by Crippen LogP contribution is -1.96. The van der Waals surface area contributed by atoms with Crippen molar-refractivity contribution in [2.45, 2.75) is 11.8 Å². The molecular formula is C8H7NO4S. The highest BCUT2D eigenvalue weighted by molar-refractivity contribution is 7.85. The quantitative estimate of drug-likeness (QED) is 0.724. The second-order valence-electron chi connectivity index (χ2n) is 2.84. The van der Waals surface area contributed by atoms with Crippen LogP contribution in [0, 0.1) is 6.92 Å². The third-order valence-corrected chi connectivity index (χ3v) is 2.61. The van der Waals surface area contributed by atoms with Gasteiger partial charge in [-0.2, -0.15) is 8.42 Å². The van der Waals surface area contributed by atoms with Crippen LogP contribution in [0.4, 0.5) is 0 Å². The second-order valence-corrected chi connectivity index (χ2v) is 4.26. The molecule has 6 heteroatoms. The average molecular weight is 213 g/mol. The molecule has 0 amide bonds. The Labute approximate surface area is 80.1 Å². The van der Waals surface area contributed by atoms with Crippen molar-refractivity contribution in [3.63, 3.8) is 0 Å². The van der Waals surface area contributed by atoms with Crippen molar-refractivity contribution in [1.29, 1.82) is 0 Å². The zero-order valence-electron chi connectivity index (χ0n) is 7.26. The number of hydrogen-bond acceptors (Lipinski definition) is 4. The number of benzene rings is 1. The third-order valence-electron chi connectivity index (χ3n) is 1.76. The number of fused-ring (bicyclic) bond motifs is 1. The fraction of sp³-hybridized carbons (Fsp3) is 0.125. The molecule has 0 unspecified atom stereocenters. The fourth-order valence-electron chi connectivity index (χ4n) is 1.18. The molecule has 0 aliphatic rings. The molecule has 0 saturated carbocycles. The Hall–Kier alpha value is -1.40. The Morgan fingerprint density at radius 3 is 2.79 bits per heavy atom. The third kappa shape index (κ3) is 1.49. The highest BCUT2D eigenvalue weighted by Crippen LogP contribution is 2.19. The summed E-state index contributed by atoms with van der Waals surface area (Å²) in [5.74, 6) is 0.451. The maximum atomic E-state index is 10.8. The van der Waals surface area contributed by atoms with Gasteiger partial charge in [0.1, 0.15) is 5.52 Å². The second kappa shape index (κ2) is 2.79. The summed E-state index contributed by atoms with van der Waals surface area (Å²) in [6, 6.07) is 4.00. The van der Waals surface area contributed by atoms with E-state index in [0.29, 0.717) is 17.0 Å². The molecule has 1 aromatic carbocycles. The van der Waals surface area contributed by atoms with Crippen LogP contribution in [-0.2, 0) is 10.1 Å². The van der Waals surface area contributed by atoms with Gasteiger partial charge < -0.3 is 4.42 Å². The summed E-state index contributed by atoms with van der Waals surface area (Å²) < 4.78 is 35.4. The Morgan fingerprint density at radius 2 is 2.14 bits per heavy atom. The van der Waals surface area contributed by atoms with Gasteiger partial charge in [-0.25, -0.2) is 4.98 Å². The van der Waals surface area contributed by atoms with E-state index < -0.39 is 10.1 Å². The van der Waals surface area contributed by atoms with Gasteiger partial charge in [0.05, 0.1) is 4.90 Å². The van der Waals surface area contributed by atoms with Gasteiger partial charge in [-0.15, -0.1) is 0 Å². The van der Waals surface area contributed by atoms with E-state index in [1.807, 2.05) is 0 Å². The van der Waals surface area contributed by atoms with Crippen molar-refractivity contribution in [3.8, 4) is 0 Å². The maximum Gasteiger partial charge on any atom is 0.294 e. The van der Waals surface area contributed by atoms with E-state index in [2.05, 4.69) is 4.98 Å². The van der Waals surface area contributed by atoms with Crippen LogP contribution in [0.15, 0.2) is 27.5 Å². The molecule has 2 rings (SSSR count). The van der Waals surface area contributed by atoms with Crippen LogP contribution >= 0.6 is 0 Å². The molecule has 0 radical (unpaired) electrons. The first kappa shape index (κ1) is 9.17. The van der Waals surface area contributed by atoms with Crippen LogP contribution in [0.5, 0.6) is 0 Å². The van der Waals surface area contributed by atoms with Crippen molar-refractivity contribution in [3.05, 3.63) is 24.1 Å². The number of aryl methyl sites for hydroxylation is 1. The lowest BCUT2D eigenvalue weighted by Gasteiger charge is -1.94. The molecule has 0 aliphatic carbocycles. The summed E-state index contributed by atoms with van der Waals surface area (Å²) >= 11 is 0. The van der Waals surface area contributed by atoms with Gasteiger partial charge in [-0.1, -0.05) is 0 Å². The van der Waals surface area contributed by atoms with E-state index in [0.717, 1.165) is 0 Å². The molecule has 14 heavy (non-hydrogen) atoms. The van der Waals surface area contributed by atoms with Crippen molar-refractivity contribution in [2.24, 2.45) is 0 Å². The van der Waals surface area contributed by atoms with Crippen molar-refractivity contribution in [1.82, 2.24) is 4.98 Å². The summed E-state index contributed by atoms with van der Waals surface area (Å²) in [6.07, 6.45) is 0. The number of nitrogens with zero attached hydrogens (tertiary/aromatic N) is 1.